The van der Waals surface area contributed by atoms with Crippen molar-refractivity contribution < 1.29 is 9.13 Å². The van der Waals surface area contributed by atoms with Crippen molar-refractivity contribution in [2.24, 2.45) is 11.8 Å². The number of halogens is 1. The fourth-order valence-electron chi connectivity index (χ4n) is 6.13. The quantitative estimate of drug-likeness (QED) is 0.490. The fraction of sp³-hybridized carbons (Fsp3) is 0.621. The summed E-state index contributed by atoms with van der Waals surface area (Å²) in [6.45, 7) is 10.7. The molecule has 0 radical (unpaired) electrons. The Balaban J connectivity index is 1.33. The number of piperidine rings is 2. The zero-order valence-corrected chi connectivity index (χ0v) is 23.5. The Labute approximate surface area is 231 Å². The number of ether oxygens (including phenoxy) is 1. The number of rotatable bonds is 6. The molecular formula is C29H41FN6OS. The Morgan fingerprint density at radius 1 is 1.00 bits per heavy atom. The summed E-state index contributed by atoms with van der Waals surface area (Å²) < 4.78 is 19.3. The van der Waals surface area contributed by atoms with Gasteiger partial charge in [-0.15, -0.1) is 0 Å². The summed E-state index contributed by atoms with van der Waals surface area (Å²) in [7, 11) is 0. The highest BCUT2D eigenvalue weighted by molar-refractivity contribution is 7.80. The molecule has 2 N–H and O–H groups in total. The van der Waals surface area contributed by atoms with E-state index in [1.165, 1.54) is 37.8 Å². The molecule has 7 nitrogen and oxygen atoms in total. The number of hydrogen-bond donors (Lipinski definition) is 2. The first kappa shape index (κ1) is 27.1. The van der Waals surface area contributed by atoms with Crippen LogP contribution in [0.3, 0.4) is 0 Å². The molecule has 2 unspecified atom stereocenters. The summed E-state index contributed by atoms with van der Waals surface area (Å²) in [5.74, 6) is 3.56. The average molecular weight is 541 g/mol. The van der Waals surface area contributed by atoms with Crippen LogP contribution in [-0.4, -0.2) is 61.0 Å². The number of hydrogen-bond acceptors (Lipinski definition) is 6. The van der Waals surface area contributed by atoms with E-state index in [9.17, 15) is 4.39 Å². The van der Waals surface area contributed by atoms with Crippen molar-refractivity contribution in [1.29, 1.82) is 0 Å². The predicted molar refractivity (Wildman–Crippen MR) is 156 cm³/mol. The van der Waals surface area contributed by atoms with E-state index in [1.807, 2.05) is 12.1 Å². The van der Waals surface area contributed by atoms with Crippen LogP contribution in [0.2, 0.25) is 0 Å². The number of thiocarbonyl (C=S) groups is 1. The molecule has 3 aliphatic rings. The minimum absolute atomic E-state index is 0.167. The summed E-state index contributed by atoms with van der Waals surface area (Å²) in [5, 5.41) is 7.23. The monoisotopic (exact) mass is 540 g/mol. The first-order valence-electron chi connectivity index (χ1n) is 14.2. The van der Waals surface area contributed by atoms with Gasteiger partial charge in [0, 0.05) is 57.4 Å². The zero-order chi connectivity index (χ0) is 26.5. The van der Waals surface area contributed by atoms with Crippen molar-refractivity contribution in [2.45, 2.75) is 57.8 Å². The number of nitrogens with zero attached hydrogens (tertiary/aromatic N) is 4. The first-order chi connectivity index (χ1) is 18.4. The second-order valence-electron chi connectivity index (χ2n) is 11.5. The van der Waals surface area contributed by atoms with Crippen LogP contribution in [0.5, 0.6) is 0 Å². The van der Waals surface area contributed by atoms with Gasteiger partial charge in [-0.25, -0.2) is 4.39 Å². The van der Waals surface area contributed by atoms with Gasteiger partial charge in [-0.3, -0.25) is 0 Å². The molecule has 3 fully saturated rings. The predicted octanol–water partition coefficient (Wildman–Crippen LogP) is 5.12. The lowest BCUT2D eigenvalue weighted by Gasteiger charge is -2.38. The smallest absolute Gasteiger partial charge is 0.232 e. The summed E-state index contributed by atoms with van der Waals surface area (Å²) in [6.07, 6.45) is 6.59. The van der Waals surface area contributed by atoms with E-state index < -0.39 is 0 Å². The lowest BCUT2D eigenvalue weighted by atomic mass is 9.74. The molecular weight excluding hydrogens is 499 g/mol. The van der Waals surface area contributed by atoms with Crippen molar-refractivity contribution in [3.63, 3.8) is 0 Å². The van der Waals surface area contributed by atoms with Crippen molar-refractivity contribution >= 4 is 34.9 Å². The van der Waals surface area contributed by atoms with Gasteiger partial charge in [-0.1, -0.05) is 26.0 Å². The maximum Gasteiger partial charge on any atom is 0.232 e. The van der Waals surface area contributed by atoms with Crippen molar-refractivity contribution in [1.82, 2.24) is 15.3 Å². The Morgan fingerprint density at radius 3 is 2.13 bits per heavy atom. The highest BCUT2D eigenvalue weighted by Gasteiger charge is 2.34. The van der Waals surface area contributed by atoms with Crippen LogP contribution in [0.15, 0.2) is 30.3 Å². The van der Waals surface area contributed by atoms with E-state index in [-0.39, 0.29) is 11.2 Å². The van der Waals surface area contributed by atoms with E-state index in [0.29, 0.717) is 42.7 Å². The minimum atomic E-state index is -0.222. The second kappa shape index (κ2) is 12.1. The molecule has 38 heavy (non-hydrogen) atoms. The molecule has 1 aromatic carbocycles. The highest BCUT2D eigenvalue weighted by Crippen LogP contribution is 2.34. The second-order valence-corrected chi connectivity index (χ2v) is 11.9. The zero-order valence-electron chi connectivity index (χ0n) is 22.7. The van der Waals surface area contributed by atoms with Gasteiger partial charge >= 0.3 is 0 Å². The molecule has 0 aliphatic carbocycles. The highest BCUT2D eigenvalue weighted by atomic mass is 32.1. The molecule has 4 heterocycles. The van der Waals surface area contributed by atoms with Crippen LogP contribution in [0.4, 0.5) is 22.0 Å². The Morgan fingerprint density at radius 2 is 1.58 bits per heavy atom. The van der Waals surface area contributed by atoms with Crippen molar-refractivity contribution in [3.05, 3.63) is 41.7 Å². The Hall–Kier alpha value is -2.52. The average Bonchev–Trinajstić information content (AvgIpc) is 2.93. The molecule has 2 aromatic rings. The van der Waals surface area contributed by atoms with Crippen molar-refractivity contribution in [3.8, 4) is 0 Å². The van der Waals surface area contributed by atoms with Crippen LogP contribution >= 0.6 is 12.2 Å². The SMILES string of the molecule is CC1CCCN(c2cc(N3CCCC(C)C3)nc(NC(=S)NCC3(c4ccc(F)cc4)CCOCC3)n2)C1. The van der Waals surface area contributed by atoms with E-state index in [1.54, 1.807) is 0 Å². The van der Waals surface area contributed by atoms with E-state index in [2.05, 4.69) is 40.3 Å². The molecule has 0 spiro atoms. The maximum absolute atomic E-state index is 13.6. The summed E-state index contributed by atoms with van der Waals surface area (Å²) in [6, 6.07) is 9.00. The maximum atomic E-state index is 13.6. The van der Waals surface area contributed by atoms with Gasteiger partial charge in [-0.2, -0.15) is 9.97 Å². The third kappa shape index (κ3) is 6.54. The van der Waals surface area contributed by atoms with Gasteiger partial charge in [-0.05, 0) is 80.3 Å². The van der Waals surface area contributed by atoms with Crippen LogP contribution in [0.1, 0.15) is 57.9 Å². The van der Waals surface area contributed by atoms with Gasteiger partial charge in [0.25, 0.3) is 0 Å². The third-order valence-electron chi connectivity index (χ3n) is 8.38. The first-order valence-corrected chi connectivity index (χ1v) is 14.6. The topological polar surface area (TPSA) is 65.5 Å². The molecule has 9 heteroatoms. The summed E-state index contributed by atoms with van der Waals surface area (Å²) >= 11 is 5.74. The van der Waals surface area contributed by atoms with Crippen LogP contribution in [0, 0.1) is 17.7 Å². The molecule has 0 saturated carbocycles. The Bertz CT molecular complexity index is 1050. The number of anilines is 3. The molecule has 206 valence electrons. The van der Waals surface area contributed by atoms with Crippen molar-refractivity contribution in [2.75, 3.05) is 61.1 Å². The normalized spacial score (nSPS) is 23.7. The lowest BCUT2D eigenvalue weighted by Crippen LogP contribution is -2.45. The largest absolute Gasteiger partial charge is 0.381 e. The fourth-order valence-corrected chi connectivity index (χ4v) is 6.29. The standard InChI is InChI=1S/C29H41FN6OS/c1-21-5-3-13-35(18-21)25-17-26(36-14-4-6-22(2)19-36)33-27(32-25)34-28(38)31-20-29(11-15-37-16-12-29)23-7-9-24(30)10-8-23/h7-10,17,21-22H,3-6,11-16,18-20H2,1-2H3,(H2,31,32,33,34,38). The van der Waals surface area contributed by atoms with Gasteiger partial charge in [0.1, 0.15) is 17.5 Å². The number of nitrogens with one attached hydrogen (secondary N) is 2. The number of aromatic nitrogens is 2. The third-order valence-corrected chi connectivity index (χ3v) is 8.63. The molecule has 3 saturated heterocycles. The molecule has 0 amide bonds. The van der Waals surface area contributed by atoms with Gasteiger partial charge in [0.15, 0.2) is 5.11 Å². The van der Waals surface area contributed by atoms with Gasteiger partial charge in [0.05, 0.1) is 0 Å². The minimum Gasteiger partial charge on any atom is -0.381 e. The Kier molecular flexibility index (Phi) is 8.63. The molecule has 5 rings (SSSR count). The summed E-state index contributed by atoms with van der Waals surface area (Å²) in [4.78, 5) is 14.6. The molecule has 2 atom stereocenters. The van der Waals surface area contributed by atoms with E-state index in [4.69, 9.17) is 26.9 Å². The van der Waals surface area contributed by atoms with Gasteiger partial charge < -0.3 is 25.2 Å². The molecule has 1 aromatic heterocycles. The van der Waals surface area contributed by atoms with Crippen LogP contribution in [0.25, 0.3) is 0 Å². The van der Waals surface area contributed by atoms with Crippen LogP contribution < -0.4 is 20.4 Å². The number of benzene rings is 1. The lowest BCUT2D eigenvalue weighted by molar-refractivity contribution is 0.0515. The van der Waals surface area contributed by atoms with Crippen LogP contribution in [-0.2, 0) is 10.2 Å². The molecule has 3 aliphatic heterocycles. The molecule has 0 bridgehead atoms. The van der Waals surface area contributed by atoms with Gasteiger partial charge in [0.2, 0.25) is 5.95 Å². The van der Waals surface area contributed by atoms with E-state index in [0.717, 1.165) is 56.2 Å². The summed E-state index contributed by atoms with van der Waals surface area (Å²) in [5.41, 5.74) is 0.941. The van der Waals surface area contributed by atoms with E-state index >= 15 is 0 Å².